The average molecular weight is 564 g/mol. The molecule has 0 aliphatic rings. The zero-order valence-corrected chi connectivity index (χ0v) is 23.8. The van der Waals surface area contributed by atoms with Gasteiger partial charge in [-0.1, -0.05) is 18.7 Å². The van der Waals surface area contributed by atoms with Crippen molar-refractivity contribution in [1.82, 2.24) is 29.4 Å². The Morgan fingerprint density at radius 2 is 1.77 bits per heavy atom. The molecular weight excluding hydrogens is 533 g/mol. The number of anilines is 1. The van der Waals surface area contributed by atoms with Crippen LogP contribution in [0.1, 0.15) is 30.6 Å². The Balaban J connectivity index is 1.53. The van der Waals surface area contributed by atoms with E-state index < -0.39 is 5.25 Å². The SMILES string of the molecule is CC[C@@H](Sc1nc2cc(OC)c(OC)cc2c2nc(CCn3nc(C)cc3C)nn12)C(=O)Nc1ccc(F)cc1. The Labute approximate surface area is 234 Å². The standard InChI is InChI=1S/C28H30FN7O3S/c1-6-24(27(37)30-19-9-7-18(29)8-10-19)40-28-31-21-15-23(39-5)22(38-4)14-20(21)26-32-25(34-36(26)28)11-12-35-17(3)13-16(2)33-35/h7-10,13-15,24H,6,11-12H2,1-5H3,(H,30,37)/t24-/m1/s1. The second-order valence-corrected chi connectivity index (χ2v) is 10.5. The maximum atomic E-state index is 13.3. The molecule has 2 aromatic carbocycles. The van der Waals surface area contributed by atoms with Crippen molar-refractivity contribution in [2.45, 2.75) is 50.6 Å². The van der Waals surface area contributed by atoms with E-state index in [1.165, 1.54) is 36.0 Å². The first-order chi connectivity index (χ1) is 19.3. The largest absolute Gasteiger partial charge is 0.493 e. The van der Waals surface area contributed by atoms with Crippen LogP contribution >= 0.6 is 11.8 Å². The molecule has 5 aromatic rings. The smallest absolute Gasteiger partial charge is 0.237 e. The summed E-state index contributed by atoms with van der Waals surface area (Å²) in [7, 11) is 3.15. The van der Waals surface area contributed by atoms with Gasteiger partial charge in [0.2, 0.25) is 5.91 Å². The number of rotatable bonds is 10. The predicted octanol–water partition coefficient (Wildman–Crippen LogP) is 5.00. The van der Waals surface area contributed by atoms with E-state index in [4.69, 9.17) is 24.5 Å². The summed E-state index contributed by atoms with van der Waals surface area (Å²) < 4.78 is 28.0. The van der Waals surface area contributed by atoms with E-state index in [-0.39, 0.29) is 11.7 Å². The lowest BCUT2D eigenvalue weighted by Crippen LogP contribution is -2.25. The summed E-state index contributed by atoms with van der Waals surface area (Å²) in [5.74, 6) is 1.13. The summed E-state index contributed by atoms with van der Waals surface area (Å²) in [6, 6.07) is 11.3. The second-order valence-electron chi connectivity index (χ2n) is 9.29. The lowest BCUT2D eigenvalue weighted by Gasteiger charge is -2.16. The molecule has 0 fully saturated rings. The molecule has 3 aromatic heterocycles. The number of hydrogen-bond donors (Lipinski definition) is 1. The lowest BCUT2D eigenvalue weighted by atomic mass is 10.2. The van der Waals surface area contributed by atoms with E-state index in [1.807, 2.05) is 37.6 Å². The molecule has 12 heteroatoms. The topological polar surface area (TPSA) is 108 Å². The first kappa shape index (κ1) is 27.4. The molecule has 40 heavy (non-hydrogen) atoms. The molecule has 0 aliphatic heterocycles. The Morgan fingerprint density at radius 3 is 2.42 bits per heavy atom. The number of nitrogens with one attached hydrogen (secondary N) is 1. The van der Waals surface area contributed by atoms with Crippen molar-refractivity contribution in [3.63, 3.8) is 0 Å². The fourth-order valence-electron chi connectivity index (χ4n) is 4.45. The second kappa shape index (κ2) is 11.5. The molecule has 0 saturated carbocycles. The summed E-state index contributed by atoms with van der Waals surface area (Å²) in [6.07, 6.45) is 1.09. The van der Waals surface area contributed by atoms with Crippen LogP contribution in [0.25, 0.3) is 16.6 Å². The Bertz CT molecular complexity index is 1680. The maximum absolute atomic E-state index is 13.3. The Kier molecular flexibility index (Phi) is 7.88. The summed E-state index contributed by atoms with van der Waals surface area (Å²) in [5, 5.41) is 13.0. The Hall–Kier alpha value is -4.19. The van der Waals surface area contributed by atoms with Crippen LogP contribution in [0.5, 0.6) is 11.5 Å². The summed E-state index contributed by atoms with van der Waals surface area (Å²) in [5.41, 5.74) is 3.79. The van der Waals surface area contributed by atoms with E-state index in [2.05, 4.69) is 10.4 Å². The number of aromatic nitrogens is 6. The number of thioether (sulfide) groups is 1. The van der Waals surface area contributed by atoms with Crippen LogP contribution in [0.3, 0.4) is 0 Å². The molecule has 0 bridgehead atoms. The number of aryl methyl sites for hydroxylation is 4. The van der Waals surface area contributed by atoms with Crippen LogP contribution in [0.15, 0.2) is 47.6 Å². The number of fused-ring (bicyclic) bond motifs is 3. The lowest BCUT2D eigenvalue weighted by molar-refractivity contribution is -0.115. The van der Waals surface area contributed by atoms with E-state index in [0.717, 1.165) is 16.8 Å². The molecule has 1 N–H and O–H groups in total. The number of amides is 1. The van der Waals surface area contributed by atoms with Gasteiger partial charge in [-0.3, -0.25) is 9.48 Å². The van der Waals surface area contributed by atoms with Gasteiger partial charge < -0.3 is 14.8 Å². The zero-order valence-electron chi connectivity index (χ0n) is 22.9. The number of carbonyl (C=O) groups is 1. The zero-order chi connectivity index (χ0) is 28.4. The predicted molar refractivity (Wildman–Crippen MR) is 152 cm³/mol. The highest BCUT2D eigenvalue weighted by molar-refractivity contribution is 8.00. The highest BCUT2D eigenvalue weighted by atomic mass is 32.2. The van der Waals surface area contributed by atoms with Crippen LogP contribution in [0, 0.1) is 19.7 Å². The molecule has 1 amide bonds. The normalized spacial score (nSPS) is 12.2. The van der Waals surface area contributed by atoms with Gasteiger partial charge in [-0.2, -0.15) is 9.61 Å². The third-order valence-electron chi connectivity index (χ3n) is 6.46. The summed E-state index contributed by atoms with van der Waals surface area (Å²) >= 11 is 1.29. The third kappa shape index (κ3) is 5.57. The van der Waals surface area contributed by atoms with Gasteiger partial charge in [0.05, 0.1) is 30.7 Å². The number of ether oxygens (including phenoxy) is 2. The molecule has 208 valence electrons. The molecule has 10 nitrogen and oxygen atoms in total. The first-order valence-corrected chi connectivity index (χ1v) is 13.7. The number of methoxy groups -OCH3 is 2. The van der Waals surface area contributed by atoms with Gasteiger partial charge in [0, 0.05) is 35.8 Å². The van der Waals surface area contributed by atoms with E-state index >= 15 is 0 Å². The van der Waals surface area contributed by atoms with Crippen LogP contribution in [0.2, 0.25) is 0 Å². The van der Waals surface area contributed by atoms with Crippen LogP contribution in [0.4, 0.5) is 10.1 Å². The van der Waals surface area contributed by atoms with Gasteiger partial charge in [-0.05, 0) is 56.7 Å². The molecule has 0 aliphatic carbocycles. The fourth-order valence-corrected chi connectivity index (χ4v) is 5.41. The molecule has 0 unspecified atom stereocenters. The van der Waals surface area contributed by atoms with Crippen molar-refractivity contribution in [2.75, 3.05) is 19.5 Å². The van der Waals surface area contributed by atoms with Crippen molar-refractivity contribution in [3.8, 4) is 11.5 Å². The summed E-state index contributed by atoms with van der Waals surface area (Å²) in [6.45, 7) is 6.53. The van der Waals surface area contributed by atoms with E-state index in [1.54, 1.807) is 24.8 Å². The molecule has 0 spiro atoms. The first-order valence-electron chi connectivity index (χ1n) is 12.8. The number of nitrogens with zero attached hydrogens (tertiary/aromatic N) is 6. The van der Waals surface area contributed by atoms with Crippen molar-refractivity contribution >= 4 is 39.9 Å². The molecule has 0 radical (unpaired) electrons. The molecule has 1 atom stereocenters. The van der Waals surface area contributed by atoms with Gasteiger partial charge in [0.15, 0.2) is 28.1 Å². The highest BCUT2D eigenvalue weighted by Crippen LogP contribution is 2.35. The number of halogens is 1. The average Bonchev–Trinajstić information content (AvgIpc) is 3.52. The van der Waals surface area contributed by atoms with Crippen LogP contribution < -0.4 is 14.8 Å². The van der Waals surface area contributed by atoms with Crippen molar-refractivity contribution in [1.29, 1.82) is 0 Å². The van der Waals surface area contributed by atoms with E-state index in [0.29, 0.717) is 58.7 Å². The molecule has 5 rings (SSSR count). The van der Waals surface area contributed by atoms with Crippen molar-refractivity contribution in [2.24, 2.45) is 0 Å². The van der Waals surface area contributed by atoms with Crippen molar-refractivity contribution < 1.29 is 18.7 Å². The van der Waals surface area contributed by atoms with Gasteiger partial charge in [-0.15, -0.1) is 5.10 Å². The fraction of sp³-hybridized carbons (Fsp3) is 0.321. The van der Waals surface area contributed by atoms with Gasteiger partial charge in [0.1, 0.15) is 5.82 Å². The maximum Gasteiger partial charge on any atom is 0.237 e. The Morgan fingerprint density at radius 1 is 1.05 bits per heavy atom. The third-order valence-corrected chi connectivity index (χ3v) is 7.77. The molecule has 0 saturated heterocycles. The minimum Gasteiger partial charge on any atom is -0.493 e. The van der Waals surface area contributed by atoms with E-state index in [9.17, 15) is 9.18 Å². The van der Waals surface area contributed by atoms with Crippen molar-refractivity contribution in [3.05, 3.63) is 65.5 Å². The van der Waals surface area contributed by atoms with Gasteiger partial charge in [0.25, 0.3) is 0 Å². The minimum atomic E-state index is -0.485. The number of benzene rings is 2. The monoisotopic (exact) mass is 563 g/mol. The number of carbonyl (C=O) groups excluding carboxylic acids is 1. The van der Waals surface area contributed by atoms with Gasteiger partial charge in [-0.25, -0.2) is 14.4 Å². The number of hydrogen-bond acceptors (Lipinski definition) is 8. The van der Waals surface area contributed by atoms with Crippen LogP contribution in [-0.4, -0.2) is 54.7 Å². The molecular formula is C28H30FN7O3S. The summed E-state index contributed by atoms with van der Waals surface area (Å²) in [4.78, 5) is 22.9. The van der Waals surface area contributed by atoms with Crippen LogP contribution in [-0.2, 0) is 17.8 Å². The quantitative estimate of drug-likeness (QED) is 0.187. The highest BCUT2D eigenvalue weighted by Gasteiger charge is 2.24. The molecule has 3 heterocycles. The van der Waals surface area contributed by atoms with Gasteiger partial charge >= 0.3 is 0 Å². The minimum absolute atomic E-state index is 0.216.